The molecule has 0 amide bonds. The molecule has 0 unspecified atom stereocenters. The maximum Gasteiger partial charge on any atom is 0.417 e. The van der Waals surface area contributed by atoms with Crippen molar-refractivity contribution < 1.29 is 32.2 Å². The minimum atomic E-state index is -4.64. The number of hydrogen-bond donors (Lipinski definition) is 2. The molecule has 6 nitrogen and oxygen atoms in total. The first-order valence-corrected chi connectivity index (χ1v) is 10.5. The highest BCUT2D eigenvalue weighted by Gasteiger charge is 2.33. The molecule has 1 heterocycles. The molecule has 0 atom stereocenters. The van der Waals surface area contributed by atoms with Crippen molar-refractivity contribution in [2.75, 3.05) is 23.8 Å². The van der Waals surface area contributed by atoms with Gasteiger partial charge in [0.1, 0.15) is 9.88 Å². The van der Waals surface area contributed by atoms with Crippen molar-refractivity contribution in [1.29, 1.82) is 0 Å². The smallest absolute Gasteiger partial charge is 0.417 e. The van der Waals surface area contributed by atoms with E-state index in [2.05, 4.69) is 10.6 Å². The van der Waals surface area contributed by atoms with Crippen LogP contribution in [0, 0.1) is 6.92 Å². The monoisotopic (exact) mass is 494 g/mol. The van der Waals surface area contributed by atoms with Crippen LogP contribution in [-0.4, -0.2) is 30.3 Å². The molecule has 0 radical (unpaired) electrons. The number of nitrogens with one attached hydrogen (secondary N) is 2. The van der Waals surface area contributed by atoms with Gasteiger partial charge in [-0.05, 0) is 56.8 Å². The van der Waals surface area contributed by atoms with Gasteiger partial charge in [-0.2, -0.15) is 13.2 Å². The number of thiophene rings is 1. The zero-order valence-corrected chi connectivity index (χ0v) is 19.0. The van der Waals surface area contributed by atoms with Gasteiger partial charge in [0, 0.05) is 5.69 Å². The summed E-state index contributed by atoms with van der Waals surface area (Å²) in [5, 5.41) is 5.00. The molecule has 0 saturated carbocycles. The number of esters is 2. The summed E-state index contributed by atoms with van der Waals surface area (Å²) in [6.45, 7) is 5.09. The lowest BCUT2D eigenvalue weighted by atomic mass is 10.1. The fraction of sp³-hybridized carbons (Fsp3) is 0.316. The molecule has 0 aliphatic heterocycles. The average Bonchev–Trinajstić information content (AvgIpc) is 2.98. The Morgan fingerprint density at radius 1 is 1.13 bits per heavy atom. The van der Waals surface area contributed by atoms with Crippen LogP contribution in [0.5, 0.6) is 0 Å². The number of carbonyl (C=O) groups is 2. The molecule has 0 aliphatic rings. The van der Waals surface area contributed by atoms with Gasteiger partial charge in [-0.1, -0.05) is 11.6 Å². The van der Waals surface area contributed by atoms with E-state index < -0.39 is 28.7 Å². The summed E-state index contributed by atoms with van der Waals surface area (Å²) >= 11 is 11.7. The lowest BCUT2D eigenvalue weighted by Gasteiger charge is -2.14. The molecule has 31 heavy (non-hydrogen) atoms. The molecule has 0 bridgehead atoms. The number of anilines is 2. The Morgan fingerprint density at radius 2 is 1.74 bits per heavy atom. The Hall–Kier alpha value is -2.37. The van der Waals surface area contributed by atoms with E-state index in [-0.39, 0.29) is 39.5 Å². The predicted molar refractivity (Wildman–Crippen MR) is 117 cm³/mol. The van der Waals surface area contributed by atoms with Gasteiger partial charge in [-0.15, -0.1) is 11.3 Å². The predicted octanol–water partition coefficient (Wildman–Crippen LogP) is 5.89. The topological polar surface area (TPSA) is 76.7 Å². The van der Waals surface area contributed by atoms with Crippen LogP contribution in [0.4, 0.5) is 23.9 Å². The van der Waals surface area contributed by atoms with Gasteiger partial charge in [-0.3, -0.25) is 0 Å². The minimum Gasteiger partial charge on any atom is -0.462 e. The van der Waals surface area contributed by atoms with Crippen molar-refractivity contribution in [2.24, 2.45) is 0 Å². The molecule has 2 N–H and O–H groups in total. The van der Waals surface area contributed by atoms with E-state index in [0.717, 1.165) is 23.5 Å². The summed E-state index contributed by atoms with van der Waals surface area (Å²) in [4.78, 5) is 24.8. The number of hydrogen-bond acceptors (Lipinski definition) is 6. The third kappa shape index (κ3) is 6.08. The summed E-state index contributed by atoms with van der Waals surface area (Å²) in [6.07, 6.45) is -4.64. The first-order chi connectivity index (χ1) is 14.5. The van der Waals surface area contributed by atoms with Gasteiger partial charge in [0.15, 0.2) is 5.11 Å². The lowest BCUT2D eigenvalue weighted by molar-refractivity contribution is -0.137. The SMILES string of the molecule is CCOC(=O)c1sc(NC(=S)Nc2ccc(Cl)c(C(F)(F)F)c2)c(C(=O)OCC)c1C. The van der Waals surface area contributed by atoms with Crippen molar-refractivity contribution in [3.63, 3.8) is 0 Å². The number of thiocarbonyl (C=S) groups is 1. The third-order valence-corrected chi connectivity index (χ3v) is 5.56. The molecular weight excluding hydrogens is 477 g/mol. The average molecular weight is 495 g/mol. The molecule has 0 spiro atoms. The van der Waals surface area contributed by atoms with Crippen molar-refractivity contribution >= 4 is 62.9 Å². The van der Waals surface area contributed by atoms with Gasteiger partial charge in [0.25, 0.3) is 0 Å². The van der Waals surface area contributed by atoms with E-state index in [1.54, 1.807) is 20.8 Å². The summed E-state index contributed by atoms with van der Waals surface area (Å²) < 4.78 is 49.2. The van der Waals surface area contributed by atoms with E-state index >= 15 is 0 Å². The standard InChI is InChI=1S/C19H18ClF3N2O4S2/c1-4-28-16(26)13-9(3)14(17(27)29-5-2)31-15(13)25-18(30)24-10-6-7-12(20)11(8-10)19(21,22)23/h6-8H,4-5H2,1-3H3,(H2,24,25,30). The van der Waals surface area contributed by atoms with Crippen molar-refractivity contribution in [3.05, 3.63) is 44.8 Å². The van der Waals surface area contributed by atoms with Gasteiger partial charge in [-0.25, -0.2) is 9.59 Å². The molecule has 1 aromatic carbocycles. The summed E-state index contributed by atoms with van der Waals surface area (Å²) in [7, 11) is 0. The van der Waals surface area contributed by atoms with Crippen LogP contribution < -0.4 is 10.6 Å². The maximum absolute atomic E-state index is 13.1. The highest BCUT2D eigenvalue weighted by atomic mass is 35.5. The molecule has 0 saturated heterocycles. The van der Waals surface area contributed by atoms with Gasteiger partial charge in [0.2, 0.25) is 0 Å². The summed E-state index contributed by atoms with van der Waals surface area (Å²) in [5.41, 5.74) is -0.555. The van der Waals surface area contributed by atoms with E-state index in [1.165, 1.54) is 6.07 Å². The second-order valence-corrected chi connectivity index (χ2v) is 7.81. The second-order valence-electron chi connectivity index (χ2n) is 5.97. The number of carbonyl (C=O) groups excluding carboxylic acids is 2. The first kappa shape index (κ1) is 24.9. The Morgan fingerprint density at radius 3 is 2.32 bits per heavy atom. The number of ether oxygens (including phenoxy) is 2. The van der Waals surface area contributed by atoms with Crippen LogP contribution in [0.1, 0.15) is 45.0 Å². The number of rotatable bonds is 6. The fourth-order valence-electron chi connectivity index (χ4n) is 2.53. The van der Waals surface area contributed by atoms with Crippen LogP contribution in [0.3, 0.4) is 0 Å². The Balaban J connectivity index is 2.33. The Kier molecular flexibility index (Phi) is 8.27. The Bertz CT molecular complexity index is 1010. The van der Waals surface area contributed by atoms with Gasteiger partial charge >= 0.3 is 18.1 Å². The van der Waals surface area contributed by atoms with Crippen molar-refractivity contribution in [3.8, 4) is 0 Å². The molecule has 2 rings (SSSR count). The molecule has 168 valence electrons. The summed E-state index contributed by atoms with van der Waals surface area (Å²) in [6, 6.07) is 3.22. The molecule has 1 aromatic heterocycles. The first-order valence-electron chi connectivity index (χ1n) is 8.91. The van der Waals surface area contributed by atoms with Crippen molar-refractivity contribution in [2.45, 2.75) is 26.9 Å². The molecule has 0 aliphatic carbocycles. The number of alkyl halides is 3. The zero-order valence-electron chi connectivity index (χ0n) is 16.6. The van der Waals surface area contributed by atoms with E-state index in [1.807, 2.05) is 0 Å². The third-order valence-electron chi connectivity index (χ3n) is 3.84. The molecular formula is C19H18ClF3N2O4S2. The highest BCUT2D eigenvalue weighted by Crippen LogP contribution is 2.37. The van der Waals surface area contributed by atoms with E-state index in [9.17, 15) is 22.8 Å². The zero-order chi connectivity index (χ0) is 23.3. The number of halogens is 4. The fourth-order valence-corrected chi connectivity index (χ4v) is 4.13. The summed E-state index contributed by atoms with van der Waals surface area (Å²) in [5.74, 6) is -1.29. The molecule has 12 heteroatoms. The van der Waals surface area contributed by atoms with E-state index in [0.29, 0.717) is 5.56 Å². The van der Waals surface area contributed by atoms with E-state index in [4.69, 9.17) is 33.3 Å². The maximum atomic E-state index is 13.1. The Labute approximate surface area is 190 Å². The molecule has 2 aromatic rings. The van der Waals surface area contributed by atoms with Crippen LogP contribution in [0.15, 0.2) is 18.2 Å². The largest absolute Gasteiger partial charge is 0.462 e. The second kappa shape index (κ2) is 10.3. The van der Waals surface area contributed by atoms with Gasteiger partial charge in [0.05, 0.1) is 29.4 Å². The van der Waals surface area contributed by atoms with Gasteiger partial charge < -0.3 is 20.1 Å². The van der Waals surface area contributed by atoms with Crippen LogP contribution in [0.2, 0.25) is 5.02 Å². The number of benzene rings is 1. The van der Waals surface area contributed by atoms with Crippen LogP contribution in [0.25, 0.3) is 0 Å². The highest BCUT2D eigenvalue weighted by molar-refractivity contribution is 7.80. The minimum absolute atomic E-state index is 0.0332. The van der Waals surface area contributed by atoms with Crippen LogP contribution in [-0.2, 0) is 15.7 Å². The quantitative estimate of drug-likeness (QED) is 0.383. The van der Waals surface area contributed by atoms with Crippen LogP contribution >= 0.6 is 35.2 Å². The molecule has 0 fully saturated rings. The lowest BCUT2D eigenvalue weighted by Crippen LogP contribution is -2.20. The van der Waals surface area contributed by atoms with Crippen molar-refractivity contribution in [1.82, 2.24) is 0 Å². The normalized spacial score (nSPS) is 11.1.